The number of nitrogens with two attached hydrogens (primary N) is 1. The predicted octanol–water partition coefficient (Wildman–Crippen LogP) is 2.33. The fourth-order valence-corrected chi connectivity index (χ4v) is 4.45. The number of pyridine rings is 1. The van der Waals surface area contributed by atoms with Gasteiger partial charge in [-0.15, -0.1) is 0 Å². The zero-order valence-electron chi connectivity index (χ0n) is 19.6. The molecule has 0 aliphatic heterocycles. The number of nitrogens with zero attached hydrogens (tertiary/aromatic N) is 3. The van der Waals surface area contributed by atoms with Crippen LogP contribution < -0.4 is 17.0 Å². The van der Waals surface area contributed by atoms with Crippen molar-refractivity contribution in [2.45, 2.75) is 12.8 Å². The number of hydrogen-bond donors (Lipinski definition) is 1. The third-order valence-electron chi connectivity index (χ3n) is 6.33. The summed E-state index contributed by atoms with van der Waals surface area (Å²) in [6.45, 7) is -0.711. The van der Waals surface area contributed by atoms with Gasteiger partial charge in [0.05, 0.1) is 23.0 Å². The number of Topliss-reactive ketones (excluding diaryl/α,β-unsaturated/α-hetero) is 1. The maximum atomic E-state index is 13.3. The van der Waals surface area contributed by atoms with Crippen molar-refractivity contribution in [3.63, 3.8) is 0 Å². The Hall–Kier alpha value is -4.73. The molecule has 10 heteroatoms. The van der Waals surface area contributed by atoms with Crippen molar-refractivity contribution in [1.29, 1.82) is 0 Å². The second kappa shape index (κ2) is 8.81. The Morgan fingerprint density at radius 3 is 2.61 bits per heavy atom. The molecule has 3 heterocycles. The summed E-state index contributed by atoms with van der Waals surface area (Å²) in [6.07, 6.45) is 4.70. The van der Waals surface area contributed by atoms with E-state index in [1.165, 1.54) is 14.1 Å². The van der Waals surface area contributed by atoms with Crippen LogP contribution in [0.3, 0.4) is 0 Å². The van der Waals surface area contributed by atoms with Crippen molar-refractivity contribution in [3.05, 3.63) is 91.6 Å². The Balaban J connectivity index is 1.51. The molecular weight excluding hydrogens is 464 g/mol. The first-order valence-corrected chi connectivity index (χ1v) is 11.2. The van der Waals surface area contributed by atoms with Crippen LogP contribution in [-0.2, 0) is 25.3 Å². The van der Waals surface area contributed by atoms with Gasteiger partial charge < -0.3 is 14.9 Å². The molecule has 0 saturated carbocycles. The Kier molecular flexibility index (Phi) is 5.63. The SMILES string of the molecule is Cn1c(N)c(C(=O)COC(=O)c2c3c(nc4ccccc24)C(=Cc2ccco2)CC3)c(=O)n(C)c1=O. The highest BCUT2D eigenvalue weighted by molar-refractivity contribution is 6.08. The highest BCUT2D eigenvalue weighted by Crippen LogP contribution is 2.37. The van der Waals surface area contributed by atoms with Crippen LogP contribution in [0.1, 0.15) is 44.2 Å². The lowest BCUT2D eigenvalue weighted by molar-refractivity contribution is 0.0475. The summed E-state index contributed by atoms with van der Waals surface area (Å²) in [5.74, 6) is -1.12. The standard InChI is InChI=1S/C26H22N4O6/c1-29-23(27)21(24(32)30(2)26(29)34)19(31)13-36-25(33)20-16-7-3-4-8-18(16)28-22-14(9-10-17(20)22)12-15-6-5-11-35-15/h3-8,11-12H,9-10,13,27H2,1-2H3. The van der Waals surface area contributed by atoms with Crippen molar-refractivity contribution in [2.24, 2.45) is 14.1 Å². The zero-order valence-corrected chi connectivity index (χ0v) is 19.6. The summed E-state index contributed by atoms with van der Waals surface area (Å²) < 4.78 is 12.6. The van der Waals surface area contributed by atoms with Crippen LogP contribution in [-0.4, -0.2) is 32.5 Å². The fraction of sp³-hybridized carbons (Fsp3) is 0.192. The van der Waals surface area contributed by atoms with Gasteiger partial charge in [-0.3, -0.25) is 18.7 Å². The summed E-state index contributed by atoms with van der Waals surface area (Å²) in [5, 5.41) is 0.602. The van der Waals surface area contributed by atoms with Crippen LogP contribution in [0, 0.1) is 0 Å². The predicted molar refractivity (Wildman–Crippen MR) is 133 cm³/mol. The molecule has 0 atom stereocenters. The maximum Gasteiger partial charge on any atom is 0.339 e. The molecule has 10 nitrogen and oxygen atoms in total. The van der Waals surface area contributed by atoms with Crippen molar-refractivity contribution >= 4 is 40.1 Å². The molecule has 0 saturated heterocycles. The van der Waals surface area contributed by atoms with Gasteiger partial charge in [0, 0.05) is 19.5 Å². The largest absolute Gasteiger partial charge is 0.465 e. The molecule has 0 amide bonds. The van der Waals surface area contributed by atoms with E-state index in [9.17, 15) is 19.2 Å². The molecule has 1 aliphatic carbocycles. The molecule has 0 spiro atoms. The first-order valence-electron chi connectivity index (χ1n) is 11.2. The summed E-state index contributed by atoms with van der Waals surface area (Å²) in [4.78, 5) is 55.5. The summed E-state index contributed by atoms with van der Waals surface area (Å²) in [6, 6.07) is 10.8. The second-order valence-electron chi connectivity index (χ2n) is 8.48. The number of carbonyl (C=O) groups is 2. The number of furan rings is 1. The minimum atomic E-state index is -0.848. The van der Waals surface area contributed by atoms with E-state index in [1.54, 1.807) is 30.5 Å². The van der Waals surface area contributed by atoms with Crippen LogP contribution >= 0.6 is 0 Å². The minimum absolute atomic E-state index is 0.285. The lowest BCUT2D eigenvalue weighted by Crippen LogP contribution is -2.42. The molecule has 5 rings (SSSR count). The Morgan fingerprint density at radius 2 is 1.86 bits per heavy atom. The number of benzene rings is 1. The Bertz CT molecular complexity index is 1690. The number of carbonyl (C=O) groups excluding carboxylic acids is 2. The van der Waals surface area contributed by atoms with Crippen molar-refractivity contribution in [3.8, 4) is 0 Å². The smallest absolute Gasteiger partial charge is 0.339 e. The lowest BCUT2D eigenvalue weighted by Gasteiger charge is -2.13. The number of fused-ring (bicyclic) bond motifs is 2. The number of aromatic nitrogens is 3. The number of ketones is 1. The van der Waals surface area contributed by atoms with Crippen LogP contribution in [0.2, 0.25) is 0 Å². The number of hydrogen-bond acceptors (Lipinski definition) is 8. The molecule has 1 aliphatic rings. The molecule has 1 aromatic carbocycles. The third kappa shape index (κ3) is 3.72. The number of nitrogen functional groups attached to an aromatic ring is 1. The Morgan fingerprint density at radius 1 is 1.08 bits per heavy atom. The van der Waals surface area contributed by atoms with Crippen molar-refractivity contribution < 1.29 is 18.7 Å². The maximum absolute atomic E-state index is 13.3. The number of para-hydroxylation sites is 1. The third-order valence-corrected chi connectivity index (χ3v) is 6.33. The average Bonchev–Trinajstić information content (AvgIpc) is 3.54. The lowest BCUT2D eigenvalue weighted by atomic mass is 10.0. The molecule has 36 heavy (non-hydrogen) atoms. The number of esters is 1. The van der Waals surface area contributed by atoms with Crippen LogP contribution in [0.5, 0.6) is 0 Å². The molecule has 3 aromatic heterocycles. The number of ether oxygens (including phenoxy) is 1. The summed E-state index contributed by atoms with van der Waals surface area (Å²) >= 11 is 0. The van der Waals surface area contributed by atoms with E-state index in [2.05, 4.69) is 0 Å². The number of rotatable bonds is 5. The molecule has 182 valence electrons. The van der Waals surface area contributed by atoms with E-state index in [0.717, 1.165) is 20.3 Å². The van der Waals surface area contributed by atoms with Gasteiger partial charge in [-0.05, 0) is 48.3 Å². The van der Waals surface area contributed by atoms with Gasteiger partial charge >= 0.3 is 11.7 Å². The molecule has 4 aromatic rings. The topological polar surface area (TPSA) is 139 Å². The average molecular weight is 486 g/mol. The van der Waals surface area contributed by atoms with Crippen molar-refractivity contribution in [2.75, 3.05) is 12.3 Å². The van der Waals surface area contributed by atoms with Crippen LogP contribution in [0.4, 0.5) is 5.82 Å². The van der Waals surface area contributed by atoms with Gasteiger partial charge in [0.25, 0.3) is 5.56 Å². The molecule has 0 fully saturated rings. The first kappa shape index (κ1) is 23.0. The van der Waals surface area contributed by atoms with E-state index < -0.39 is 35.2 Å². The molecule has 2 N–H and O–H groups in total. The van der Waals surface area contributed by atoms with Gasteiger partial charge in [-0.25, -0.2) is 14.6 Å². The summed E-state index contributed by atoms with van der Waals surface area (Å²) in [5.41, 5.74) is 7.21. The van der Waals surface area contributed by atoms with E-state index in [-0.39, 0.29) is 5.82 Å². The highest BCUT2D eigenvalue weighted by atomic mass is 16.5. The quantitative estimate of drug-likeness (QED) is 0.335. The van der Waals surface area contributed by atoms with Crippen LogP contribution in [0.15, 0.2) is 56.7 Å². The second-order valence-corrected chi connectivity index (χ2v) is 8.48. The Labute approximate surface area is 204 Å². The van der Waals surface area contributed by atoms with Crippen LogP contribution in [0.25, 0.3) is 22.6 Å². The molecule has 0 unspecified atom stereocenters. The number of anilines is 1. The highest BCUT2D eigenvalue weighted by Gasteiger charge is 2.29. The monoisotopic (exact) mass is 486 g/mol. The van der Waals surface area contributed by atoms with Gasteiger partial charge in [0.2, 0.25) is 5.78 Å². The number of allylic oxidation sites excluding steroid dienone is 1. The normalized spacial score (nSPS) is 13.8. The molecular formula is C26H22N4O6. The van der Waals surface area contributed by atoms with E-state index in [4.69, 9.17) is 19.9 Å². The van der Waals surface area contributed by atoms with Gasteiger partial charge in [-0.1, -0.05) is 18.2 Å². The van der Waals surface area contributed by atoms with Gasteiger partial charge in [0.15, 0.2) is 6.61 Å². The summed E-state index contributed by atoms with van der Waals surface area (Å²) in [7, 11) is 2.59. The first-order chi connectivity index (χ1) is 17.3. The van der Waals surface area contributed by atoms with Crippen molar-refractivity contribution in [1.82, 2.24) is 14.1 Å². The minimum Gasteiger partial charge on any atom is -0.465 e. The molecule has 0 bridgehead atoms. The van der Waals surface area contributed by atoms with Gasteiger partial charge in [0.1, 0.15) is 17.1 Å². The molecule has 0 radical (unpaired) electrons. The van der Waals surface area contributed by atoms with E-state index in [0.29, 0.717) is 40.8 Å². The van der Waals surface area contributed by atoms with E-state index >= 15 is 0 Å². The fourth-order valence-electron chi connectivity index (χ4n) is 4.45. The van der Waals surface area contributed by atoms with E-state index in [1.807, 2.05) is 18.2 Å². The zero-order chi connectivity index (χ0) is 25.6. The van der Waals surface area contributed by atoms with Gasteiger partial charge in [-0.2, -0.15) is 0 Å².